The van der Waals surface area contributed by atoms with Crippen LogP contribution in [0.25, 0.3) is 39.0 Å². The lowest BCUT2D eigenvalue weighted by atomic mass is 10.1. The van der Waals surface area contributed by atoms with Gasteiger partial charge in [0.25, 0.3) is 0 Å². The Bertz CT molecular complexity index is 1810. The lowest BCUT2D eigenvalue weighted by Gasteiger charge is -2.12. The van der Waals surface area contributed by atoms with Gasteiger partial charge in [-0.05, 0) is 55.5 Å². The molecule has 6 rings (SSSR count). The van der Waals surface area contributed by atoms with Crippen LogP contribution in [0.4, 0.5) is 5.69 Å². The molecule has 1 N–H and O–H groups in total. The van der Waals surface area contributed by atoms with E-state index in [9.17, 15) is 4.79 Å². The molecule has 0 spiro atoms. The van der Waals surface area contributed by atoms with Gasteiger partial charge in [-0.25, -0.2) is 0 Å². The quantitative estimate of drug-likeness (QED) is 0.205. The van der Waals surface area contributed by atoms with E-state index in [2.05, 4.69) is 15.5 Å². The lowest BCUT2D eigenvalue weighted by molar-refractivity contribution is -0.113. The van der Waals surface area contributed by atoms with Gasteiger partial charge in [0.1, 0.15) is 16.9 Å². The van der Waals surface area contributed by atoms with Crippen molar-refractivity contribution < 1.29 is 13.9 Å². The molecule has 0 radical (unpaired) electrons. The monoisotopic (exact) mass is 554 g/mol. The molecule has 2 heterocycles. The molecule has 9 heteroatoms. The largest absolute Gasteiger partial charge is 0.495 e. The molecular formula is C30H23ClN4O3S. The fourth-order valence-electron chi connectivity index (χ4n) is 4.41. The SMILES string of the molecule is COc1cc2c(cc1NC(=O)CSc1nnc(-c3ccc(Cl)cc3)n1-c1ccc(C)cc1)oc1ccccc12. The van der Waals surface area contributed by atoms with Crippen molar-refractivity contribution in [1.29, 1.82) is 0 Å². The molecule has 0 saturated heterocycles. The smallest absolute Gasteiger partial charge is 0.234 e. The number of furan rings is 1. The number of carbonyl (C=O) groups excluding carboxylic acids is 1. The highest BCUT2D eigenvalue weighted by molar-refractivity contribution is 7.99. The van der Waals surface area contributed by atoms with Crippen LogP contribution in [0.15, 0.2) is 94.5 Å². The highest BCUT2D eigenvalue weighted by Gasteiger charge is 2.19. The topological polar surface area (TPSA) is 82.2 Å². The van der Waals surface area contributed by atoms with Gasteiger partial charge < -0.3 is 14.5 Å². The number of para-hydroxylation sites is 1. The van der Waals surface area contributed by atoms with Crippen LogP contribution in [-0.2, 0) is 4.79 Å². The molecule has 0 atom stereocenters. The average molecular weight is 555 g/mol. The number of amides is 1. The van der Waals surface area contributed by atoms with Crippen molar-refractivity contribution in [3.63, 3.8) is 0 Å². The van der Waals surface area contributed by atoms with E-state index in [0.29, 0.717) is 33.0 Å². The van der Waals surface area contributed by atoms with Crippen molar-refractivity contribution in [1.82, 2.24) is 14.8 Å². The molecule has 7 nitrogen and oxygen atoms in total. The van der Waals surface area contributed by atoms with Crippen molar-refractivity contribution in [2.75, 3.05) is 18.2 Å². The number of benzene rings is 4. The predicted molar refractivity (Wildman–Crippen MR) is 156 cm³/mol. The number of thioether (sulfide) groups is 1. The van der Waals surface area contributed by atoms with Crippen LogP contribution in [-0.4, -0.2) is 33.5 Å². The van der Waals surface area contributed by atoms with Crippen LogP contribution in [0.2, 0.25) is 5.02 Å². The molecule has 194 valence electrons. The Kier molecular flexibility index (Phi) is 6.72. The van der Waals surface area contributed by atoms with Gasteiger partial charge >= 0.3 is 0 Å². The van der Waals surface area contributed by atoms with Gasteiger partial charge in [0.15, 0.2) is 11.0 Å². The zero-order chi connectivity index (χ0) is 26.9. The third-order valence-electron chi connectivity index (χ3n) is 6.33. The molecule has 4 aromatic carbocycles. The Morgan fingerprint density at radius 1 is 0.974 bits per heavy atom. The minimum atomic E-state index is -0.208. The van der Waals surface area contributed by atoms with E-state index in [1.165, 1.54) is 11.8 Å². The zero-order valence-electron chi connectivity index (χ0n) is 21.1. The number of rotatable bonds is 7. The average Bonchev–Trinajstić information content (AvgIpc) is 3.53. The first kappa shape index (κ1) is 25.0. The summed E-state index contributed by atoms with van der Waals surface area (Å²) in [5, 5.41) is 15.0. The molecule has 0 saturated carbocycles. The highest BCUT2D eigenvalue weighted by atomic mass is 35.5. The van der Waals surface area contributed by atoms with Crippen LogP contribution >= 0.6 is 23.4 Å². The number of nitrogens with zero attached hydrogens (tertiary/aromatic N) is 3. The summed E-state index contributed by atoms with van der Waals surface area (Å²) in [5.41, 5.74) is 4.90. The number of aryl methyl sites for hydroxylation is 1. The van der Waals surface area contributed by atoms with Crippen molar-refractivity contribution in [2.45, 2.75) is 12.1 Å². The van der Waals surface area contributed by atoms with Crippen molar-refractivity contribution in [3.8, 4) is 22.8 Å². The molecule has 0 aliphatic carbocycles. The molecule has 0 unspecified atom stereocenters. The summed E-state index contributed by atoms with van der Waals surface area (Å²) < 4.78 is 13.5. The number of anilines is 1. The number of hydrogen-bond donors (Lipinski definition) is 1. The zero-order valence-corrected chi connectivity index (χ0v) is 22.7. The Morgan fingerprint density at radius 2 is 1.74 bits per heavy atom. The molecule has 0 aliphatic heterocycles. The fourth-order valence-corrected chi connectivity index (χ4v) is 5.29. The number of hydrogen-bond acceptors (Lipinski definition) is 6. The van der Waals surface area contributed by atoms with E-state index in [1.807, 2.05) is 90.4 Å². The summed E-state index contributed by atoms with van der Waals surface area (Å²) >= 11 is 7.40. The number of carbonyl (C=O) groups is 1. The molecule has 39 heavy (non-hydrogen) atoms. The van der Waals surface area contributed by atoms with E-state index in [-0.39, 0.29) is 11.7 Å². The summed E-state index contributed by atoms with van der Waals surface area (Å²) in [4.78, 5) is 13.1. The standard InChI is InChI=1S/C30H23ClN4O3S/c1-18-7-13-21(14-8-18)35-29(19-9-11-20(31)12-10-19)33-34-30(35)39-17-28(36)32-24-16-26-23(15-27(24)37-2)22-5-3-4-6-25(22)38-26/h3-16H,17H2,1-2H3,(H,32,36). The van der Waals surface area contributed by atoms with Crippen LogP contribution in [0.1, 0.15) is 5.56 Å². The Balaban J connectivity index is 1.27. The first-order chi connectivity index (χ1) is 19.0. The maximum Gasteiger partial charge on any atom is 0.234 e. The first-order valence-corrected chi connectivity index (χ1v) is 13.6. The third-order valence-corrected chi connectivity index (χ3v) is 7.51. The van der Waals surface area contributed by atoms with Crippen LogP contribution < -0.4 is 10.1 Å². The van der Waals surface area contributed by atoms with E-state index < -0.39 is 0 Å². The maximum atomic E-state index is 13.1. The number of aromatic nitrogens is 3. The second kappa shape index (κ2) is 10.5. The van der Waals surface area contributed by atoms with Gasteiger partial charge in [-0.15, -0.1) is 10.2 Å². The number of methoxy groups -OCH3 is 1. The van der Waals surface area contributed by atoms with E-state index in [0.717, 1.165) is 33.2 Å². The fraction of sp³-hybridized carbons (Fsp3) is 0.100. The van der Waals surface area contributed by atoms with Gasteiger partial charge in [0.05, 0.1) is 18.6 Å². The second-order valence-electron chi connectivity index (χ2n) is 8.97. The number of fused-ring (bicyclic) bond motifs is 3. The lowest BCUT2D eigenvalue weighted by Crippen LogP contribution is -2.15. The predicted octanol–water partition coefficient (Wildman–Crippen LogP) is 7.53. The Morgan fingerprint density at radius 3 is 2.51 bits per heavy atom. The van der Waals surface area contributed by atoms with Crippen LogP contribution in [0.3, 0.4) is 0 Å². The third kappa shape index (κ3) is 4.96. The summed E-state index contributed by atoms with van der Waals surface area (Å²) in [6.07, 6.45) is 0. The van der Waals surface area contributed by atoms with Crippen LogP contribution in [0.5, 0.6) is 5.75 Å². The maximum absolute atomic E-state index is 13.1. The van der Waals surface area contributed by atoms with E-state index in [4.69, 9.17) is 20.8 Å². The Hall–Kier alpha value is -4.27. The van der Waals surface area contributed by atoms with Gasteiger partial charge in [-0.1, -0.05) is 59.3 Å². The second-order valence-corrected chi connectivity index (χ2v) is 10.3. The minimum absolute atomic E-state index is 0.117. The molecule has 0 fully saturated rings. The molecular weight excluding hydrogens is 532 g/mol. The summed E-state index contributed by atoms with van der Waals surface area (Å²) in [6.45, 7) is 2.03. The van der Waals surface area contributed by atoms with Gasteiger partial charge in [-0.3, -0.25) is 9.36 Å². The normalized spacial score (nSPS) is 11.3. The number of halogens is 1. The molecule has 1 amide bonds. The summed E-state index contributed by atoms with van der Waals surface area (Å²) in [7, 11) is 1.58. The van der Waals surface area contributed by atoms with Crippen LogP contribution in [0, 0.1) is 6.92 Å². The van der Waals surface area contributed by atoms with Gasteiger partial charge in [0, 0.05) is 33.1 Å². The molecule has 0 bridgehead atoms. The molecule has 6 aromatic rings. The number of nitrogens with one attached hydrogen (secondary N) is 1. The highest BCUT2D eigenvalue weighted by Crippen LogP contribution is 2.36. The Labute approximate surface area is 233 Å². The molecule has 0 aliphatic rings. The van der Waals surface area contributed by atoms with Crippen molar-refractivity contribution in [2.24, 2.45) is 0 Å². The molecule has 2 aromatic heterocycles. The van der Waals surface area contributed by atoms with Gasteiger partial charge in [-0.2, -0.15) is 0 Å². The van der Waals surface area contributed by atoms with Crippen molar-refractivity contribution >= 4 is 56.9 Å². The minimum Gasteiger partial charge on any atom is -0.495 e. The number of ether oxygens (including phenoxy) is 1. The van der Waals surface area contributed by atoms with E-state index >= 15 is 0 Å². The summed E-state index contributed by atoms with van der Waals surface area (Å²) in [6, 6.07) is 27.0. The summed E-state index contributed by atoms with van der Waals surface area (Å²) in [5.74, 6) is 1.13. The van der Waals surface area contributed by atoms with Crippen molar-refractivity contribution in [3.05, 3.63) is 95.5 Å². The van der Waals surface area contributed by atoms with E-state index in [1.54, 1.807) is 13.2 Å². The first-order valence-electron chi connectivity index (χ1n) is 12.2. The van der Waals surface area contributed by atoms with Gasteiger partial charge in [0.2, 0.25) is 5.91 Å².